The number of amides is 1. The number of benzene rings is 2. The molecule has 2 heterocycles. The molecule has 0 radical (unpaired) electrons. The Bertz CT molecular complexity index is 1700. The lowest BCUT2D eigenvalue weighted by atomic mass is 9.76. The van der Waals surface area contributed by atoms with Gasteiger partial charge >= 0.3 is 5.97 Å². The average molecular weight is 753 g/mol. The molecule has 6 N–H and O–H groups in total. The van der Waals surface area contributed by atoms with E-state index in [2.05, 4.69) is 85.7 Å². The number of hydrogen-bond donors (Lipinski definition) is 5. The number of nitrogens with two attached hydrogens (primary N) is 1. The van der Waals surface area contributed by atoms with E-state index in [1.807, 2.05) is 48.5 Å². The van der Waals surface area contributed by atoms with Crippen LogP contribution in [-0.4, -0.2) is 52.7 Å². The Morgan fingerprint density at radius 2 is 1.42 bits per heavy atom. The van der Waals surface area contributed by atoms with Crippen LogP contribution in [0, 0.1) is 0 Å². The number of carbonyl (C=O) groups excluding carboxylic acids is 1. The molecule has 2 aromatic carbocycles. The van der Waals surface area contributed by atoms with Crippen LogP contribution in [0.15, 0.2) is 91.3 Å². The quantitative estimate of drug-likeness (QED) is 0.0509. The molecule has 0 aliphatic carbocycles. The van der Waals surface area contributed by atoms with Crippen molar-refractivity contribution >= 4 is 11.9 Å². The van der Waals surface area contributed by atoms with E-state index in [4.69, 9.17) is 10.5 Å². The molecule has 4 rings (SSSR count). The highest BCUT2D eigenvalue weighted by molar-refractivity contribution is 5.96. The van der Waals surface area contributed by atoms with Crippen molar-refractivity contribution in [2.45, 2.75) is 117 Å². The number of ether oxygens (including phenoxy) is 1. The van der Waals surface area contributed by atoms with Gasteiger partial charge in [-0.3, -0.25) is 14.8 Å². The lowest BCUT2D eigenvalue weighted by Gasteiger charge is -2.30. The van der Waals surface area contributed by atoms with Crippen molar-refractivity contribution in [1.82, 2.24) is 25.9 Å². The molecule has 0 saturated carbocycles. The summed E-state index contributed by atoms with van der Waals surface area (Å²) < 4.78 is 6.07. The van der Waals surface area contributed by atoms with Crippen molar-refractivity contribution < 1.29 is 19.4 Å². The summed E-state index contributed by atoms with van der Waals surface area (Å²) in [4.78, 5) is 32.6. The molecule has 4 aromatic rings. The molecule has 0 saturated heterocycles. The van der Waals surface area contributed by atoms with Crippen molar-refractivity contribution in [3.8, 4) is 5.75 Å². The SMILES string of the molecule is CCC(C)(C)c1ccc(OCCCCN)c(C(C)(C)CC)c1.O=C(N[C@@H](CCCNCc1ccccn1)C(=O)O)c1ccc(CNCc2ccccn2)cc1. The number of carboxylic acids is 1. The second kappa shape index (κ2) is 23.3. The lowest BCUT2D eigenvalue weighted by Crippen LogP contribution is -2.41. The molecule has 10 nitrogen and oxygen atoms in total. The Kier molecular flexibility index (Phi) is 19.0. The highest BCUT2D eigenvalue weighted by atomic mass is 16.5. The number of hydrogen-bond acceptors (Lipinski definition) is 8. The minimum absolute atomic E-state index is 0.128. The predicted molar refractivity (Wildman–Crippen MR) is 222 cm³/mol. The molecule has 0 unspecified atom stereocenters. The number of aromatic nitrogens is 2. The van der Waals surface area contributed by atoms with Gasteiger partial charge < -0.3 is 31.5 Å². The Labute approximate surface area is 329 Å². The minimum Gasteiger partial charge on any atom is -0.493 e. The van der Waals surface area contributed by atoms with Gasteiger partial charge in [-0.15, -0.1) is 0 Å². The second-order valence-corrected chi connectivity index (χ2v) is 15.2. The van der Waals surface area contributed by atoms with E-state index in [1.165, 1.54) is 11.1 Å². The first-order valence-electron chi connectivity index (χ1n) is 19.7. The van der Waals surface area contributed by atoms with Gasteiger partial charge in [0.1, 0.15) is 11.8 Å². The topological polar surface area (TPSA) is 151 Å². The van der Waals surface area contributed by atoms with E-state index >= 15 is 0 Å². The monoisotopic (exact) mass is 752 g/mol. The summed E-state index contributed by atoms with van der Waals surface area (Å²) in [5.74, 6) is -0.389. The normalized spacial score (nSPS) is 12.0. The van der Waals surface area contributed by atoms with Crippen LogP contribution in [0.3, 0.4) is 0 Å². The highest BCUT2D eigenvalue weighted by Crippen LogP contribution is 2.38. The molecule has 0 aliphatic heterocycles. The molecule has 0 bridgehead atoms. The zero-order valence-corrected chi connectivity index (χ0v) is 33.9. The first-order valence-corrected chi connectivity index (χ1v) is 19.7. The number of unbranched alkanes of at least 4 members (excludes halogenated alkanes) is 1. The van der Waals surface area contributed by atoms with Gasteiger partial charge in [-0.2, -0.15) is 0 Å². The van der Waals surface area contributed by atoms with Crippen molar-refractivity contribution in [1.29, 1.82) is 0 Å². The number of rotatable bonds is 22. The molecule has 55 heavy (non-hydrogen) atoms. The van der Waals surface area contributed by atoms with E-state index in [0.717, 1.165) is 61.5 Å². The van der Waals surface area contributed by atoms with Gasteiger partial charge in [0.25, 0.3) is 5.91 Å². The first kappa shape index (κ1) is 44.8. The van der Waals surface area contributed by atoms with Crippen LogP contribution < -0.4 is 26.4 Å². The standard InChI is InChI=1S/C25H29N5O3.C20H35NO/c31-24(20-11-9-19(10-12-20)16-27-18-22-7-2-4-15-29-22)30-23(25(32)33)8-5-13-26-17-21-6-1-3-14-28-21;1-7-19(3,4)16-11-12-18(22-14-10-9-13-21)17(15-16)20(5,6)8-2/h1-4,6-7,9-12,14-15,23,26-27H,5,8,13,16-18H2,(H,30,31)(H,32,33);11-12,15H,7-10,13-14,21H2,1-6H3/t23-;/m0./s1. The summed E-state index contributed by atoms with van der Waals surface area (Å²) in [6.07, 6.45) is 8.72. The number of pyridine rings is 2. The van der Waals surface area contributed by atoms with Crippen LogP contribution in [0.1, 0.15) is 119 Å². The largest absolute Gasteiger partial charge is 0.493 e. The maximum atomic E-state index is 12.5. The molecular formula is C45H64N6O4. The van der Waals surface area contributed by atoms with Gasteiger partial charge in [-0.1, -0.05) is 77.9 Å². The third-order valence-electron chi connectivity index (χ3n) is 10.2. The van der Waals surface area contributed by atoms with Crippen LogP contribution in [0.25, 0.3) is 0 Å². The molecule has 1 amide bonds. The maximum Gasteiger partial charge on any atom is 0.326 e. The Morgan fingerprint density at radius 1 is 0.782 bits per heavy atom. The third kappa shape index (κ3) is 15.6. The van der Waals surface area contributed by atoms with E-state index in [9.17, 15) is 14.7 Å². The van der Waals surface area contributed by atoms with Crippen LogP contribution in [0.2, 0.25) is 0 Å². The summed E-state index contributed by atoms with van der Waals surface area (Å²) in [6, 6.07) is 24.5. The molecule has 10 heteroatoms. The fourth-order valence-electron chi connectivity index (χ4n) is 5.69. The zero-order chi connectivity index (χ0) is 40.1. The molecular weight excluding hydrogens is 689 g/mol. The summed E-state index contributed by atoms with van der Waals surface area (Å²) in [7, 11) is 0. The molecule has 1 atom stereocenters. The fraction of sp³-hybridized carbons (Fsp3) is 0.467. The van der Waals surface area contributed by atoms with Crippen molar-refractivity contribution in [3.63, 3.8) is 0 Å². The van der Waals surface area contributed by atoms with Crippen LogP contribution in [0.5, 0.6) is 5.75 Å². The van der Waals surface area contributed by atoms with E-state index in [-0.39, 0.29) is 10.8 Å². The van der Waals surface area contributed by atoms with Gasteiger partial charge in [0.15, 0.2) is 0 Å². The second-order valence-electron chi connectivity index (χ2n) is 15.2. The van der Waals surface area contributed by atoms with E-state index in [0.29, 0.717) is 44.6 Å². The highest BCUT2D eigenvalue weighted by Gasteiger charge is 2.26. The summed E-state index contributed by atoms with van der Waals surface area (Å²) in [6.45, 7) is 17.8. The number of carboxylic acid groups (broad SMARTS) is 1. The number of nitrogens with one attached hydrogen (secondary N) is 3. The number of carbonyl (C=O) groups is 2. The Hall–Kier alpha value is -4.64. The van der Waals surface area contributed by atoms with E-state index < -0.39 is 17.9 Å². The average Bonchev–Trinajstić information content (AvgIpc) is 3.20. The van der Waals surface area contributed by atoms with Crippen molar-refractivity contribution in [3.05, 3.63) is 125 Å². The van der Waals surface area contributed by atoms with E-state index in [1.54, 1.807) is 24.5 Å². The lowest BCUT2D eigenvalue weighted by molar-refractivity contribution is -0.139. The van der Waals surface area contributed by atoms with Gasteiger partial charge in [0.05, 0.1) is 18.0 Å². The van der Waals surface area contributed by atoms with Crippen molar-refractivity contribution in [2.24, 2.45) is 5.73 Å². The van der Waals surface area contributed by atoms with Crippen LogP contribution in [0.4, 0.5) is 0 Å². The summed E-state index contributed by atoms with van der Waals surface area (Å²) >= 11 is 0. The van der Waals surface area contributed by atoms with Gasteiger partial charge in [-0.25, -0.2) is 4.79 Å². The van der Waals surface area contributed by atoms with Gasteiger partial charge in [-0.05, 0) is 116 Å². The molecule has 298 valence electrons. The van der Waals surface area contributed by atoms with Gasteiger partial charge in [0, 0.05) is 43.2 Å². The minimum atomic E-state index is -1.04. The Balaban J connectivity index is 0.000000322. The Morgan fingerprint density at radius 3 is 1.98 bits per heavy atom. The predicted octanol–water partition coefficient (Wildman–Crippen LogP) is 7.70. The summed E-state index contributed by atoms with van der Waals surface area (Å²) in [5, 5.41) is 18.6. The zero-order valence-electron chi connectivity index (χ0n) is 33.9. The first-order chi connectivity index (χ1) is 26.4. The number of nitrogens with zero attached hydrogens (tertiary/aromatic N) is 2. The maximum absolute atomic E-state index is 12.5. The number of aliphatic carboxylic acids is 1. The molecule has 0 aliphatic rings. The smallest absolute Gasteiger partial charge is 0.326 e. The molecule has 2 aromatic heterocycles. The van der Waals surface area contributed by atoms with Crippen molar-refractivity contribution in [2.75, 3.05) is 19.7 Å². The molecule has 0 spiro atoms. The third-order valence-corrected chi connectivity index (χ3v) is 10.2. The van der Waals surface area contributed by atoms with Crippen LogP contribution in [-0.2, 0) is 35.3 Å². The fourth-order valence-corrected chi connectivity index (χ4v) is 5.69. The molecule has 0 fully saturated rings. The van der Waals surface area contributed by atoms with Gasteiger partial charge in [0.2, 0.25) is 0 Å². The summed E-state index contributed by atoms with van der Waals surface area (Å²) in [5.41, 5.74) is 12.0. The van der Waals surface area contributed by atoms with Crippen LogP contribution >= 0.6 is 0 Å².